The number of nitrogens with zero attached hydrogens (tertiary/aromatic N) is 4. The highest BCUT2D eigenvalue weighted by atomic mass is 16.3. The third kappa shape index (κ3) is 4.97. The molecule has 1 saturated heterocycles. The summed E-state index contributed by atoms with van der Waals surface area (Å²) in [5.74, 6) is -0.236. The molecule has 36 heavy (non-hydrogen) atoms. The molecule has 0 bridgehead atoms. The first-order valence-electron chi connectivity index (χ1n) is 12.9. The lowest BCUT2D eigenvalue weighted by Gasteiger charge is -2.37. The Labute approximate surface area is 212 Å². The summed E-state index contributed by atoms with van der Waals surface area (Å²) >= 11 is 0. The van der Waals surface area contributed by atoms with E-state index in [1.54, 1.807) is 6.20 Å². The highest BCUT2D eigenvalue weighted by molar-refractivity contribution is 5.96. The highest BCUT2D eigenvalue weighted by Crippen LogP contribution is 2.35. The summed E-state index contributed by atoms with van der Waals surface area (Å²) < 4.78 is 0. The fraction of sp³-hybridized carbons (Fsp3) is 0.448. The maximum atomic E-state index is 13.1. The molecular weight excluding hydrogens is 450 g/mol. The van der Waals surface area contributed by atoms with Crippen LogP contribution in [-0.2, 0) is 12.0 Å². The van der Waals surface area contributed by atoms with Crippen molar-refractivity contribution < 1.29 is 9.90 Å². The molecule has 0 spiro atoms. The maximum absolute atomic E-state index is 13.1. The van der Waals surface area contributed by atoms with Gasteiger partial charge in [0.1, 0.15) is 11.1 Å². The number of nitriles is 1. The van der Waals surface area contributed by atoms with Gasteiger partial charge in [-0.15, -0.1) is 0 Å². The summed E-state index contributed by atoms with van der Waals surface area (Å²) in [4.78, 5) is 24.6. The zero-order valence-electron chi connectivity index (χ0n) is 20.8. The molecule has 186 valence electrons. The Balaban J connectivity index is 1.35. The number of amides is 1. The lowest BCUT2D eigenvalue weighted by molar-refractivity contribution is 0.0714. The van der Waals surface area contributed by atoms with E-state index < -0.39 is 11.5 Å². The smallest absolute Gasteiger partial charge is 0.270 e. The van der Waals surface area contributed by atoms with Crippen LogP contribution in [0.5, 0.6) is 0 Å². The van der Waals surface area contributed by atoms with Gasteiger partial charge in [0.25, 0.3) is 5.91 Å². The number of carbonyl (C=O) groups is 1. The number of likely N-dealkylation sites (tertiary alicyclic amines) is 1. The number of aromatic nitrogens is 2. The van der Waals surface area contributed by atoms with E-state index in [0.29, 0.717) is 12.2 Å². The summed E-state index contributed by atoms with van der Waals surface area (Å²) in [5, 5.41) is 24.4. The Bertz CT molecular complexity index is 1290. The van der Waals surface area contributed by atoms with Gasteiger partial charge in [-0.3, -0.25) is 14.7 Å². The molecule has 2 atom stereocenters. The average Bonchev–Trinajstić information content (AvgIpc) is 2.90. The fourth-order valence-corrected chi connectivity index (χ4v) is 5.57. The molecule has 1 amide bonds. The molecule has 2 unspecified atom stereocenters. The minimum atomic E-state index is -0.561. The third-order valence-corrected chi connectivity index (χ3v) is 7.80. The van der Waals surface area contributed by atoms with E-state index in [-0.39, 0.29) is 11.9 Å². The second-order valence-electron chi connectivity index (χ2n) is 10.3. The van der Waals surface area contributed by atoms with Crippen molar-refractivity contribution in [2.24, 2.45) is 0 Å². The predicted molar refractivity (Wildman–Crippen MR) is 138 cm³/mol. The molecule has 0 radical (unpaired) electrons. The highest BCUT2D eigenvalue weighted by Gasteiger charge is 2.38. The number of hydrogen-bond acceptors (Lipinski definition) is 6. The molecule has 1 saturated carbocycles. The van der Waals surface area contributed by atoms with Crippen LogP contribution in [-0.4, -0.2) is 51.1 Å². The number of carbonyl (C=O) groups excluding carboxylic acids is 1. The number of benzene rings is 1. The third-order valence-electron chi connectivity index (χ3n) is 7.80. The number of pyridine rings is 2. The number of aliphatic hydroxyl groups is 1. The van der Waals surface area contributed by atoms with Crippen molar-refractivity contribution in [2.75, 3.05) is 13.1 Å². The number of para-hydroxylation sites is 1. The molecule has 2 aliphatic rings. The minimum Gasteiger partial charge on any atom is -0.391 e. The van der Waals surface area contributed by atoms with Gasteiger partial charge in [-0.1, -0.05) is 31.0 Å². The number of hydrogen-bond donors (Lipinski definition) is 2. The van der Waals surface area contributed by atoms with Crippen molar-refractivity contribution >= 4 is 16.8 Å². The minimum absolute atomic E-state index is 0.223. The van der Waals surface area contributed by atoms with Crippen LogP contribution in [0.1, 0.15) is 65.8 Å². The molecule has 5 rings (SSSR count). The summed E-state index contributed by atoms with van der Waals surface area (Å²) in [6.07, 6.45) is 6.24. The molecule has 1 aliphatic carbocycles. The van der Waals surface area contributed by atoms with Crippen LogP contribution in [0.3, 0.4) is 0 Å². The van der Waals surface area contributed by atoms with Crippen molar-refractivity contribution in [3.8, 4) is 6.07 Å². The zero-order valence-corrected chi connectivity index (χ0v) is 20.8. The van der Waals surface area contributed by atoms with E-state index in [9.17, 15) is 15.2 Å². The number of piperidine rings is 1. The van der Waals surface area contributed by atoms with Crippen LogP contribution < -0.4 is 5.32 Å². The van der Waals surface area contributed by atoms with Gasteiger partial charge >= 0.3 is 0 Å². The number of aryl methyl sites for hydroxylation is 1. The van der Waals surface area contributed by atoms with Crippen LogP contribution >= 0.6 is 0 Å². The van der Waals surface area contributed by atoms with Crippen LogP contribution in [0.15, 0.2) is 48.7 Å². The molecular formula is C29H33N5O2. The van der Waals surface area contributed by atoms with Crippen LogP contribution in [0.25, 0.3) is 10.9 Å². The molecule has 2 aromatic heterocycles. The topological polar surface area (TPSA) is 102 Å². The van der Waals surface area contributed by atoms with Crippen molar-refractivity contribution in [2.45, 2.75) is 69.6 Å². The summed E-state index contributed by atoms with van der Waals surface area (Å²) in [7, 11) is 0. The first kappa shape index (κ1) is 24.4. The predicted octanol–water partition coefficient (Wildman–Crippen LogP) is 4.03. The van der Waals surface area contributed by atoms with E-state index in [4.69, 9.17) is 0 Å². The van der Waals surface area contributed by atoms with Crippen LogP contribution in [0.2, 0.25) is 0 Å². The lowest BCUT2D eigenvalue weighted by atomic mass is 9.76. The standard InChI is InChI=1S/C29H33N5O2/c1-20-10-13-31-27(16-20)29(19-30)11-14-34(15-12-29)18-21-17-25(32-23-7-3-2-6-22(21)23)28(36)33-24-8-4-5-9-26(24)35/h2-3,6-7,10,13,16-17,24,26,35H,4-5,8-9,11-12,14-15,18H2,1H3,(H,33,36). The van der Waals surface area contributed by atoms with Gasteiger partial charge in [-0.05, 0) is 68.0 Å². The van der Waals surface area contributed by atoms with Gasteiger partial charge in [0, 0.05) is 31.2 Å². The lowest BCUT2D eigenvalue weighted by Crippen LogP contribution is -2.45. The number of aliphatic hydroxyl groups excluding tert-OH is 1. The Kier molecular flexibility index (Phi) is 6.99. The van der Waals surface area contributed by atoms with E-state index in [1.807, 2.05) is 49.4 Å². The van der Waals surface area contributed by atoms with Gasteiger partial charge in [0.15, 0.2) is 0 Å². The van der Waals surface area contributed by atoms with Crippen molar-refractivity contribution in [1.29, 1.82) is 5.26 Å². The Morgan fingerprint density at radius 2 is 1.97 bits per heavy atom. The second kappa shape index (κ2) is 10.3. The fourth-order valence-electron chi connectivity index (χ4n) is 5.57. The summed E-state index contributed by atoms with van der Waals surface area (Å²) in [6.45, 7) is 4.26. The normalized spacial score (nSPS) is 22.1. The first-order chi connectivity index (χ1) is 17.5. The molecule has 7 nitrogen and oxygen atoms in total. The Morgan fingerprint density at radius 1 is 1.19 bits per heavy atom. The first-order valence-corrected chi connectivity index (χ1v) is 12.9. The summed E-state index contributed by atoms with van der Waals surface area (Å²) in [5.41, 5.74) is 3.64. The second-order valence-corrected chi connectivity index (χ2v) is 10.3. The maximum Gasteiger partial charge on any atom is 0.270 e. The monoisotopic (exact) mass is 483 g/mol. The molecule has 3 aromatic rings. The molecule has 1 aromatic carbocycles. The van der Waals surface area contributed by atoms with Crippen LogP contribution in [0.4, 0.5) is 0 Å². The van der Waals surface area contributed by atoms with E-state index in [1.165, 1.54) is 0 Å². The molecule has 3 heterocycles. The number of nitrogens with one attached hydrogen (secondary N) is 1. The van der Waals surface area contributed by atoms with Gasteiger partial charge in [-0.2, -0.15) is 5.26 Å². The van der Waals surface area contributed by atoms with Crippen molar-refractivity contribution in [3.05, 3.63) is 71.2 Å². The number of rotatable bonds is 5. The van der Waals surface area contributed by atoms with E-state index >= 15 is 0 Å². The summed E-state index contributed by atoms with van der Waals surface area (Å²) in [6, 6.07) is 16.1. The van der Waals surface area contributed by atoms with Crippen LogP contribution in [0, 0.1) is 18.3 Å². The van der Waals surface area contributed by atoms with E-state index in [2.05, 4.69) is 26.3 Å². The Hall–Kier alpha value is -3.34. The largest absolute Gasteiger partial charge is 0.391 e. The molecule has 1 aliphatic heterocycles. The zero-order chi connectivity index (χ0) is 25.1. The van der Waals surface area contributed by atoms with Crippen molar-refractivity contribution in [1.82, 2.24) is 20.2 Å². The average molecular weight is 484 g/mol. The van der Waals surface area contributed by atoms with Gasteiger partial charge in [0.05, 0.1) is 29.4 Å². The van der Waals surface area contributed by atoms with E-state index in [0.717, 1.165) is 79.3 Å². The van der Waals surface area contributed by atoms with Gasteiger partial charge < -0.3 is 10.4 Å². The van der Waals surface area contributed by atoms with Gasteiger partial charge in [-0.25, -0.2) is 4.98 Å². The SMILES string of the molecule is Cc1ccnc(C2(C#N)CCN(Cc3cc(C(=O)NC4CCCCC4O)nc4ccccc34)CC2)c1. The quantitative estimate of drug-likeness (QED) is 0.568. The van der Waals surface area contributed by atoms with Crippen molar-refractivity contribution in [3.63, 3.8) is 0 Å². The number of fused-ring (bicyclic) bond motifs is 1. The molecule has 2 fully saturated rings. The molecule has 2 N–H and O–H groups in total. The molecule has 7 heteroatoms. The Morgan fingerprint density at radius 3 is 2.72 bits per heavy atom. The van der Waals surface area contributed by atoms with Gasteiger partial charge in [0.2, 0.25) is 0 Å².